The van der Waals surface area contributed by atoms with E-state index in [0.29, 0.717) is 18.7 Å². The van der Waals surface area contributed by atoms with Gasteiger partial charge in [-0.05, 0) is 62.7 Å². The molecule has 5 rings (SSSR count). The van der Waals surface area contributed by atoms with Crippen LogP contribution in [-0.2, 0) is 16.8 Å². The molecule has 0 atom stereocenters. The fourth-order valence-corrected chi connectivity index (χ4v) is 5.58. The smallest absolute Gasteiger partial charge is 0.405 e. The standard InChI is InChI=1S/C20H28N2O.C5H6N2O2/c23-19(16-6-2-1-3-7-16)22-14-17-8-4-5-9-18(17)20(15-22)10-12-21-13-11-20;6-3-5(1-2-5)7-4(8)9/h4-5,8-9,16,21H,1-3,6-7,10-15H2;7H,1-2H2,(H,8,9). The van der Waals surface area contributed by atoms with E-state index in [2.05, 4.69) is 39.8 Å². The Hall–Kier alpha value is -2.59. The second-order valence-electron chi connectivity index (χ2n) is 9.84. The highest BCUT2D eigenvalue weighted by Crippen LogP contribution is 2.41. The Morgan fingerprint density at radius 2 is 1.78 bits per heavy atom. The van der Waals surface area contributed by atoms with Crippen LogP contribution in [0.4, 0.5) is 4.79 Å². The van der Waals surface area contributed by atoms with Crippen molar-refractivity contribution in [3.05, 3.63) is 35.4 Å². The third kappa shape index (κ3) is 4.91. The molecule has 7 heteroatoms. The number of rotatable bonds is 2. The van der Waals surface area contributed by atoms with Gasteiger partial charge in [0.05, 0.1) is 6.07 Å². The second kappa shape index (κ2) is 9.50. The van der Waals surface area contributed by atoms with E-state index in [1.54, 1.807) is 0 Å². The lowest BCUT2D eigenvalue weighted by Crippen LogP contribution is -2.53. The highest BCUT2D eigenvalue weighted by molar-refractivity contribution is 5.79. The molecule has 2 heterocycles. The predicted molar refractivity (Wildman–Crippen MR) is 121 cm³/mol. The highest BCUT2D eigenvalue weighted by atomic mass is 16.4. The number of carbonyl (C=O) groups is 2. The second-order valence-corrected chi connectivity index (χ2v) is 9.84. The SMILES string of the molecule is N#CC1(NC(=O)O)CC1.O=C(C1CCCCC1)N1Cc2ccccc2C2(CCNCC2)C1. The van der Waals surface area contributed by atoms with E-state index in [9.17, 15) is 9.59 Å². The highest BCUT2D eigenvalue weighted by Gasteiger charge is 2.45. The number of nitriles is 1. The monoisotopic (exact) mass is 438 g/mol. The molecular formula is C25H34N4O3. The van der Waals surface area contributed by atoms with Gasteiger partial charge in [0, 0.05) is 24.4 Å². The summed E-state index contributed by atoms with van der Waals surface area (Å²) < 4.78 is 0. The zero-order valence-electron chi connectivity index (χ0n) is 18.7. The van der Waals surface area contributed by atoms with Crippen molar-refractivity contribution in [3.63, 3.8) is 0 Å². The van der Waals surface area contributed by atoms with E-state index in [-0.39, 0.29) is 11.3 Å². The summed E-state index contributed by atoms with van der Waals surface area (Å²) in [7, 11) is 0. The topological polar surface area (TPSA) is 105 Å². The van der Waals surface area contributed by atoms with Gasteiger partial charge in [-0.2, -0.15) is 5.26 Å². The maximum Gasteiger partial charge on any atom is 0.405 e. The molecule has 1 spiro atoms. The molecule has 0 unspecified atom stereocenters. The van der Waals surface area contributed by atoms with Crippen LogP contribution in [-0.4, -0.2) is 47.2 Å². The first-order valence-corrected chi connectivity index (χ1v) is 12.0. The molecule has 1 saturated heterocycles. The van der Waals surface area contributed by atoms with Crippen LogP contribution in [0, 0.1) is 17.2 Å². The molecule has 0 radical (unpaired) electrons. The molecular weight excluding hydrogens is 404 g/mol. The number of hydrogen-bond acceptors (Lipinski definition) is 4. The fraction of sp³-hybridized carbons (Fsp3) is 0.640. The Labute approximate surface area is 190 Å². The van der Waals surface area contributed by atoms with E-state index in [4.69, 9.17) is 10.4 Å². The molecule has 4 aliphatic rings. The van der Waals surface area contributed by atoms with Crippen LogP contribution in [0.3, 0.4) is 0 Å². The largest absolute Gasteiger partial charge is 0.465 e. The number of carbonyl (C=O) groups excluding carboxylic acids is 1. The molecule has 2 aliphatic heterocycles. The van der Waals surface area contributed by atoms with Gasteiger partial charge < -0.3 is 20.6 Å². The van der Waals surface area contributed by atoms with Crippen LogP contribution in [0.25, 0.3) is 0 Å². The lowest BCUT2D eigenvalue weighted by molar-refractivity contribution is -0.139. The van der Waals surface area contributed by atoms with Gasteiger partial charge in [0.25, 0.3) is 0 Å². The molecule has 0 bridgehead atoms. The van der Waals surface area contributed by atoms with Crippen molar-refractivity contribution in [1.29, 1.82) is 5.26 Å². The van der Waals surface area contributed by atoms with Gasteiger partial charge in [-0.15, -0.1) is 0 Å². The van der Waals surface area contributed by atoms with Crippen LogP contribution >= 0.6 is 0 Å². The number of nitrogens with one attached hydrogen (secondary N) is 2. The Balaban J connectivity index is 0.000000230. The molecule has 172 valence electrons. The average Bonchev–Trinajstić information content (AvgIpc) is 3.59. The van der Waals surface area contributed by atoms with Crippen molar-refractivity contribution in [3.8, 4) is 6.07 Å². The summed E-state index contributed by atoms with van der Waals surface area (Å²) in [6, 6.07) is 10.7. The number of benzene rings is 1. The van der Waals surface area contributed by atoms with Gasteiger partial charge in [0.1, 0.15) is 5.54 Å². The Bertz CT molecular complexity index is 877. The number of carboxylic acid groups (broad SMARTS) is 1. The number of fused-ring (bicyclic) bond motifs is 2. The van der Waals surface area contributed by atoms with Crippen molar-refractivity contribution in [2.24, 2.45) is 5.92 Å². The molecule has 1 aromatic rings. The average molecular weight is 439 g/mol. The van der Waals surface area contributed by atoms with E-state index in [1.807, 2.05) is 6.07 Å². The lowest BCUT2D eigenvalue weighted by Gasteiger charge is -2.47. The summed E-state index contributed by atoms with van der Waals surface area (Å²) in [5.74, 6) is 0.713. The minimum atomic E-state index is -1.12. The fourth-order valence-electron chi connectivity index (χ4n) is 5.58. The van der Waals surface area contributed by atoms with Gasteiger partial charge in [0.15, 0.2) is 0 Å². The molecule has 2 saturated carbocycles. The summed E-state index contributed by atoms with van der Waals surface area (Å²) in [4.78, 5) is 25.2. The number of piperidine rings is 1. The summed E-state index contributed by atoms with van der Waals surface area (Å²) >= 11 is 0. The van der Waals surface area contributed by atoms with Crippen molar-refractivity contribution >= 4 is 12.0 Å². The predicted octanol–water partition coefficient (Wildman–Crippen LogP) is 3.54. The number of amides is 2. The summed E-state index contributed by atoms with van der Waals surface area (Å²) in [6.45, 7) is 3.89. The zero-order chi connectivity index (χ0) is 22.6. The van der Waals surface area contributed by atoms with Crippen LogP contribution in [0.5, 0.6) is 0 Å². The Kier molecular flexibility index (Phi) is 6.71. The molecule has 3 N–H and O–H groups in total. The molecule has 32 heavy (non-hydrogen) atoms. The lowest BCUT2D eigenvalue weighted by atomic mass is 9.69. The molecule has 7 nitrogen and oxygen atoms in total. The molecule has 1 aromatic carbocycles. The van der Waals surface area contributed by atoms with Gasteiger partial charge in [-0.3, -0.25) is 4.79 Å². The normalized spacial score (nSPS) is 23.2. The Morgan fingerprint density at radius 1 is 1.09 bits per heavy atom. The van der Waals surface area contributed by atoms with Crippen molar-refractivity contribution in [1.82, 2.24) is 15.5 Å². The van der Waals surface area contributed by atoms with E-state index in [1.165, 1.54) is 30.4 Å². The third-order valence-corrected chi connectivity index (χ3v) is 7.58. The van der Waals surface area contributed by atoms with Gasteiger partial charge in [-0.1, -0.05) is 43.5 Å². The van der Waals surface area contributed by atoms with Crippen LogP contribution in [0.15, 0.2) is 24.3 Å². The number of hydrogen-bond donors (Lipinski definition) is 3. The van der Waals surface area contributed by atoms with Gasteiger partial charge in [-0.25, -0.2) is 4.79 Å². The van der Waals surface area contributed by atoms with Crippen LogP contribution < -0.4 is 10.6 Å². The third-order valence-electron chi connectivity index (χ3n) is 7.58. The first kappa shape index (κ1) is 22.6. The molecule has 3 fully saturated rings. The zero-order valence-corrected chi connectivity index (χ0v) is 18.7. The van der Waals surface area contributed by atoms with E-state index in [0.717, 1.165) is 51.9 Å². The van der Waals surface area contributed by atoms with Crippen molar-refractivity contribution < 1.29 is 14.7 Å². The first-order chi connectivity index (χ1) is 15.5. The molecule has 2 amide bonds. The molecule has 0 aromatic heterocycles. The summed E-state index contributed by atoms with van der Waals surface area (Å²) in [5.41, 5.74) is 2.34. The van der Waals surface area contributed by atoms with Crippen LogP contribution in [0.2, 0.25) is 0 Å². The number of nitrogens with zero attached hydrogens (tertiary/aromatic N) is 2. The van der Waals surface area contributed by atoms with Gasteiger partial charge >= 0.3 is 6.09 Å². The minimum absolute atomic E-state index is 0.185. The quantitative estimate of drug-likeness (QED) is 0.655. The van der Waals surface area contributed by atoms with Crippen LogP contribution in [0.1, 0.15) is 68.9 Å². The summed E-state index contributed by atoms with van der Waals surface area (Å²) in [5, 5.41) is 22.1. The van der Waals surface area contributed by atoms with Crippen molar-refractivity contribution in [2.75, 3.05) is 19.6 Å². The first-order valence-electron chi connectivity index (χ1n) is 12.0. The maximum atomic E-state index is 13.1. The minimum Gasteiger partial charge on any atom is -0.465 e. The molecule has 2 aliphatic carbocycles. The van der Waals surface area contributed by atoms with Crippen molar-refractivity contribution in [2.45, 2.75) is 75.3 Å². The van der Waals surface area contributed by atoms with E-state index < -0.39 is 11.6 Å². The maximum absolute atomic E-state index is 13.1. The van der Waals surface area contributed by atoms with E-state index >= 15 is 0 Å². The Morgan fingerprint density at radius 3 is 2.38 bits per heavy atom. The van der Waals surface area contributed by atoms with Gasteiger partial charge in [0.2, 0.25) is 5.91 Å². The summed E-state index contributed by atoms with van der Waals surface area (Å²) in [6.07, 6.45) is 8.46.